The number of methoxy groups -OCH3 is 1. The molecular formula is C22H26F2N6O. The van der Waals surface area contributed by atoms with Gasteiger partial charge in [0.25, 0.3) is 0 Å². The van der Waals surface area contributed by atoms with E-state index in [1.807, 2.05) is 6.07 Å². The van der Waals surface area contributed by atoms with Gasteiger partial charge in [-0.2, -0.15) is 5.10 Å². The molecule has 9 heteroatoms. The van der Waals surface area contributed by atoms with Crippen molar-refractivity contribution in [2.24, 2.45) is 0 Å². The molecule has 3 aromatic rings. The van der Waals surface area contributed by atoms with Crippen LogP contribution in [0.25, 0.3) is 17.0 Å². The van der Waals surface area contributed by atoms with Gasteiger partial charge in [-0.25, -0.2) is 23.3 Å². The summed E-state index contributed by atoms with van der Waals surface area (Å²) in [5, 5.41) is 11.2. The van der Waals surface area contributed by atoms with Gasteiger partial charge in [0.1, 0.15) is 22.8 Å². The molecule has 7 nitrogen and oxygen atoms in total. The quantitative estimate of drug-likeness (QED) is 0.642. The van der Waals surface area contributed by atoms with E-state index in [9.17, 15) is 8.78 Å². The van der Waals surface area contributed by atoms with Crippen LogP contribution in [0.3, 0.4) is 0 Å². The molecule has 1 aliphatic heterocycles. The molecule has 0 radical (unpaired) electrons. The number of nitrogens with one attached hydrogen (secondary N) is 2. The standard InChI is InChI=1S/C22H26F2N6O/c1-31-18-10-19-26-12-17(30(19)29-20(18)13-5-2-3-6-13)21-15(23)9-16(24)22(28-21)27-14-7-4-8-25-11-14/h9-10,12-14,25H,2-8,11H2,1H3,(H,27,28). The predicted molar refractivity (Wildman–Crippen MR) is 113 cm³/mol. The smallest absolute Gasteiger partial charge is 0.168 e. The number of piperidine rings is 1. The van der Waals surface area contributed by atoms with Gasteiger partial charge in [0, 0.05) is 30.6 Å². The third-order valence-electron chi connectivity index (χ3n) is 6.26. The summed E-state index contributed by atoms with van der Waals surface area (Å²) in [6.07, 6.45) is 7.83. The minimum atomic E-state index is -0.744. The molecule has 1 unspecified atom stereocenters. The molecule has 2 aliphatic rings. The second-order valence-corrected chi connectivity index (χ2v) is 8.33. The van der Waals surface area contributed by atoms with Crippen LogP contribution in [0.1, 0.15) is 50.1 Å². The van der Waals surface area contributed by atoms with Gasteiger partial charge in [0.15, 0.2) is 23.1 Å². The maximum Gasteiger partial charge on any atom is 0.168 e. The van der Waals surface area contributed by atoms with Gasteiger partial charge in [0.05, 0.1) is 13.3 Å². The van der Waals surface area contributed by atoms with E-state index >= 15 is 0 Å². The molecule has 2 fully saturated rings. The van der Waals surface area contributed by atoms with E-state index in [2.05, 4.69) is 20.6 Å². The van der Waals surface area contributed by atoms with Crippen molar-refractivity contribution in [2.45, 2.75) is 50.5 Å². The highest BCUT2D eigenvalue weighted by Crippen LogP contribution is 2.38. The lowest BCUT2D eigenvalue weighted by Crippen LogP contribution is -2.38. The minimum absolute atomic E-state index is 0.0233. The number of imidazole rings is 1. The van der Waals surface area contributed by atoms with Crippen molar-refractivity contribution in [1.82, 2.24) is 24.9 Å². The van der Waals surface area contributed by atoms with Crippen LogP contribution in [-0.2, 0) is 0 Å². The number of pyridine rings is 1. The molecule has 1 atom stereocenters. The number of halogens is 2. The van der Waals surface area contributed by atoms with Crippen LogP contribution in [0.15, 0.2) is 18.3 Å². The normalized spacial score (nSPS) is 19.8. The van der Waals surface area contributed by atoms with Crippen molar-refractivity contribution in [1.29, 1.82) is 0 Å². The molecule has 31 heavy (non-hydrogen) atoms. The van der Waals surface area contributed by atoms with E-state index < -0.39 is 11.6 Å². The number of fused-ring (bicyclic) bond motifs is 1. The van der Waals surface area contributed by atoms with Crippen LogP contribution in [0.2, 0.25) is 0 Å². The zero-order valence-electron chi connectivity index (χ0n) is 17.5. The maximum atomic E-state index is 14.8. The lowest BCUT2D eigenvalue weighted by atomic mass is 10.0. The topological polar surface area (TPSA) is 76.4 Å². The predicted octanol–water partition coefficient (Wildman–Crippen LogP) is 3.90. The first-order valence-electron chi connectivity index (χ1n) is 10.9. The summed E-state index contributed by atoms with van der Waals surface area (Å²) in [7, 11) is 1.62. The Morgan fingerprint density at radius 3 is 2.71 bits per heavy atom. The lowest BCUT2D eigenvalue weighted by Gasteiger charge is -2.24. The van der Waals surface area contributed by atoms with Crippen LogP contribution < -0.4 is 15.4 Å². The first-order chi connectivity index (χ1) is 15.1. The van der Waals surface area contributed by atoms with E-state index in [0.29, 0.717) is 23.0 Å². The molecule has 3 aromatic heterocycles. The first kappa shape index (κ1) is 20.1. The van der Waals surface area contributed by atoms with Gasteiger partial charge in [-0.3, -0.25) is 0 Å². The van der Waals surface area contributed by atoms with Crippen LogP contribution in [0.5, 0.6) is 5.75 Å². The fourth-order valence-electron chi connectivity index (χ4n) is 4.63. The summed E-state index contributed by atoms with van der Waals surface area (Å²) in [5.74, 6) is -0.411. The molecule has 5 rings (SSSR count). The molecule has 164 valence electrons. The summed E-state index contributed by atoms with van der Waals surface area (Å²) in [5.41, 5.74) is 1.79. The molecule has 1 saturated carbocycles. The van der Waals surface area contributed by atoms with Gasteiger partial charge in [-0.15, -0.1) is 0 Å². The number of ether oxygens (including phenoxy) is 1. The van der Waals surface area contributed by atoms with Crippen LogP contribution >= 0.6 is 0 Å². The number of aromatic nitrogens is 4. The summed E-state index contributed by atoms with van der Waals surface area (Å²) < 4.78 is 36.4. The van der Waals surface area contributed by atoms with Crippen molar-refractivity contribution < 1.29 is 13.5 Å². The molecule has 0 spiro atoms. The fraction of sp³-hybridized carbons (Fsp3) is 0.500. The Balaban J connectivity index is 1.56. The lowest BCUT2D eigenvalue weighted by molar-refractivity contribution is 0.399. The molecule has 4 heterocycles. The number of nitrogens with zero attached hydrogens (tertiary/aromatic N) is 4. The van der Waals surface area contributed by atoms with Crippen molar-refractivity contribution >= 4 is 11.5 Å². The Labute approximate surface area is 179 Å². The second-order valence-electron chi connectivity index (χ2n) is 8.33. The number of rotatable bonds is 5. The molecular weight excluding hydrogens is 402 g/mol. The highest BCUT2D eigenvalue weighted by Gasteiger charge is 2.25. The summed E-state index contributed by atoms with van der Waals surface area (Å²) in [6.45, 7) is 1.67. The molecule has 0 bridgehead atoms. The average molecular weight is 428 g/mol. The summed E-state index contributed by atoms with van der Waals surface area (Å²) >= 11 is 0. The van der Waals surface area contributed by atoms with E-state index in [0.717, 1.165) is 63.4 Å². The van der Waals surface area contributed by atoms with Crippen LogP contribution in [-0.4, -0.2) is 45.8 Å². The van der Waals surface area contributed by atoms with Gasteiger partial charge in [0.2, 0.25) is 0 Å². The summed E-state index contributed by atoms with van der Waals surface area (Å²) in [4.78, 5) is 8.68. The van der Waals surface area contributed by atoms with E-state index in [1.54, 1.807) is 11.6 Å². The molecule has 1 aliphatic carbocycles. The van der Waals surface area contributed by atoms with Crippen LogP contribution in [0, 0.1) is 11.6 Å². The Morgan fingerprint density at radius 1 is 1.13 bits per heavy atom. The Bertz CT molecular complexity index is 1090. The molecule has 0 aromatic carbocycles. The van der Waals surface area contributed by atoms with Gasteiger partial charge in [-0.05, 0) is 32.2 Å². The van der Waals surface area contributed by atoms with Gasteiger partial charge < -0.3 is 15.4 Å². The second kappa shape index (κ2) is 8.37. The molecule has 0 amide bonds. The Morgan fingerprint density at radius 2 is 1.97 bits per heavy atom. The van der Waals surface area contributed by atoms with Crippen molar-refractivity contribution in [3.05, 3.63) is 35.7 Å². The van der Waals surface area contributed by atoms with Gasteiger partial charge >= 0.3 is 0 Å². The SMILES string of the molecule is COc1cc2ncc(-c3nc(NC4CCCNC4)c(F)cc3F)n2nc1C1CCCC1. The minimum Gasteiger partial charge on any atom is -0.495 e. The zero-order valence-corrected chi connectivity index (χ0v) is 17.5. The third kappa shape index (κ3) is 3.82. The monoisotopic (exact) mass is 428 g/mol. The highest BCUT2D eigenvalue weighted by molar-refractivity contribution is 5.63. The first-order valence-corrected chi connectivity index (χ1v) is 10.9. The van der Waals surface area contributed by atoms with Gasteiger partial charge in [-0.1, -0.05) is 12.8 Å². The van der Waals surface area contributed by atoms with E-state index in [1.165, 1.54) is 6.20 Å². The van der Waals surface area contributed by atoms with Crippen molar-refractivity contribution in [3.8, 4) is 17.1 Å². The number of hydrogen-bond acceptors (Lipinski definition) is 6. The summed E-state index contributed by atoms with van der Waals surface area (Å²) in [6, 6.07) is 2.74. The fourth-order valence-corrected chi connectivity index (χ4v) is 4.63. The van der Waals surface area contributed by atoms with E-state index in [4.69, 9.17) is 9.84 Å². The molecule has 2 N–H and O–H groups in total. The number of hydrogen-bond donors (Lipinski definition) is 2. The third-order valence-corrected chi connectivity index (χ3v) is 6.26. The zero-order chi connectivity index (χ0) is 21.4. The largest absolute Gasteiger partial charge is 0.495 e. The van der Waals surface area contributed by atoms with Crippen molar-refractivity contribution in [2.75, 3.05) is 25.5 Å². The Kier molecular flexibility index (Phi) is 5.43. The maximum absolute atomic E-state index is 14.8. The van der Waals surface area contributed by atoms with Crippen molar-refractivity contribution in [3.63, 3.8) is 0 Å². The highest BCUT2D eigenvalue weighted by atomic mass is 19.1. The Hall–Kier alpha value is -2.81. The average Bonchev–Trinajstić information content (AvgIpc) is 3.45. The number of anilines is 1. The van der Waals surface area contributed by atoms with Crippen LogP contribution in [0.4, 0.5) is 14.6 Å². The van der Waals surface area contributed by atoms with E-state index in [-0.39, 0.29) is 17.6 Å². The molecule has 1 saturated heterocycles.